The lowest BCUT2D eigenvalue weighted by atomic mass is 10.1. The van der Waals surface area contributed by atoms with Crippen molar-refractivity contribution >= 4 is 21.9 Å². The topological polar surface area (TPSA) is 92.8 Å². The van der Waals surface area contributed by atoms with E-state index in [1.54, 1.807) is 11.8 Å². The molecule has 0 aromatic carbocycles. The molecule has 1 saturated heterocycles. The van der Waals surface area contributed by atoms with Gasteiger partial charge in [-0.3, -0.25) is 9.59 Å². The highest BCUT2D eigenvalue weighted by atomic mass is 32.2. The standard InChI is InChI=1S/C12H22N2O5S/c1-3-20(17,18)13-10-6-8-14(9-7-10)11(15)4-5-12(16)19-2/h10,13H,3-9H2,1-2H3. The van der Waals surface area contributed by atoms with E-state index >= 15 is 0 Å². The summed E-state index contributed by atoms with van der Waals surface area (Å²) in [5.41, 5.74) is 0. The number of ether oxygens (including phenoxy) is 1. The molecule has 0 spiro atoms. The number of esters is 1. The quantitative estimate of drug-likeness (QED) is 0.690. The Balaban J connectivity index is 2.35. The van der Waals surface area contributed by atoms with Gasteiger partial charge >= 0.3 is 5.97 Å². The van der Waals surface area contributed by atoms with E-state index in [4.69, 9.17) is 0 Å². The maximum absolute atomic E-state index is 11.8. The van der Waals surface area contributed by atoms with Crippen LogP contribution in [0.4, 0.5) is 0 Å². The maximum Gasteiger partial charge on any atom is 0.306 e. The zero-order chi connectivity index (χ0) is 15.2. The van der Waals surface area contributed by atoms with Crippen LogP contribution in [-0.2, 0) is 24.3 Å². The Labute approximate surface area is 119 Å². The molecule has 116 valence electrons. The number of piperidine rings is 1. The first-order valence-electron chi connectivity index (χ1n) is 6.72. The summed E-state index contributed by atoms with van der Waals surface area (Å²) >= 11 is 0. The van der Waals surface area contributed by atoms with Crippen molar-refractivity contribution < 1.29 is 22.7 Å². The Morgan fingerprint density at radius 3 is 2.35 bits per heavy atom. The molecule has 1 N–H and O–H groups in total. The average molecular weight is 306 g/mol. The first kappa shape index (κ1) is 16.9. The third kappa shape index (κ3) is 5.46. The summed E-state index contributed by atoms with van der Waals surface area (Å²) in [5.74, 6) is -0.429. The Morgan fingerprint density at radius 2 is 1.85 bits per heavy atom. The van der Waals surface area contributed by atoms with Crippen LogP contribution < -0.4 is 4.72 Å². The summed E-state index contributed by atoms with van der Waals surface area (Å²) in [6, 6.07) is -0.107. The minimum Gasteiger partial charge on any atom is -0.469 e. The number of nitrogens with zero attached hydrogens (tertiary/aromatic N) is 1. The van der Waals surface area contributed by atoms with E-state index in [0.717, 1.165) is 0 Å². The molecular weight excluding hydrogens is 284 g/mol. The summed E-state index contributed by atoms with van der Waals surface area (Å²) in [7, 11) is -1.91. The van der Waals surface area contributed by atoms with Gasteiger partial charge in [0.1, 0.15) is 0 Å². The van der Waals surface area contributed by atoms with Crippen molar-refractivity contribution in [2.45, 2.75) is 38.6 Å². The summed E-state index contributed by atoms with van der Waals surface area (Å²) in [5, 5.41) is 0. The van der Waals surface area contributed by atoms with E-state index in [2.05, 4.69) is 9.46 Å². The van der Waals surface area contributed by atoms with Crippen molar-refractivity contribution in [3.63, 3.8) is 0 Å². The second-order valence-electron chi connectivity index (χ2n) is 4.75. The van der Waals surface area contributed by atoms with E-state index in [0.29, 0.717) is 25.9 Å². The first-order valence-corrected chi connectivity index (χ1v) is 8.37. The van der Waals surface area contributed by atoms with Crippen LogP contribution in [0, 0.1) is 0 Å². The second-order valence-corrected chi connectivity index (χ2v) is 6.80. The van der Waals surface area contributed by atoms with Crippen LogP contribution in [0.2, 0.25) is 0 Å². The minimum atomic E-state index is -3.20. The van der Waals surface area contributed by atoms with Crippen LogP contribution in [0.15, 0.2) is 0 Å². The van der Waals surface area contributed by atoms with Crippen LogP contribution in [0.1, 0.15) is 32.6 Å². The van der Waals surface area contributed by atoms with Crippen molar-refractivity contribution in [3.05, 3.63) is 0 Å². The van der Waals surface area contributed by atoms with Gasteiger partial charge in [0.25, 0.3) is 0 Å². The monoisotopic (exact) mass is 306 g/mol. The van der Waals surface area contributed by atoms with Crippen molar-refractivity contribution in [2.75, 3.05) is 26.0 Å². The van der Waals surface area contributed by atoms with Crippen molar-refractivity contribution in [2.24, 2.45) is 0 Å². The van der Waals surface area contributed by atoms with E-state index in [1.165, 1.54) is 7.11 Å². The molecule has 1 aliphatic heterocycles. The summed E-state index contributed by atoms with van der Waals surface area (Å²) in [6.45, 7) is 2.61. The highest BCUT2D eigenvalue weighted by Gasteiger charge is 2.25. The Kier molecular flexibility index (Phi) is 6.41. The van der Waals surface area contributed by atoms with Gasteiger partial charge in [-0.1, -0.05) is 0 Å². The number of methoxy groups -OCH3 is 1. The molecule has 1 amide bonds. The number of nitrogens with one attached hydrogen (secondary N) is 1. The molecule has 1 aliphatic rings. The fourth-order valence-corrected chi connectivity index (χ4v) is 2.96. The van der Waals surface area contributed by atoms with Gasteiger partial charge in [-0.15, -0.1) is 0 Å². The normalized spacial score (nSPS) is 17.0. The highest BCUT2D eigenvalue weighted by Crippen LogP contribution is 2.13. The Bertz CT molecular complexity index is 441. The lowest BCUT2D eigenvalue weighted by Crippen LogP contribution is -2.46. The molecular formula is C12H22N2O5S. The predicted octanol–water partition coefficient (Wildman–Crippen LogP) is -0.130. The van der Waals surface area contributed by atoms with Crippen molar-refractivity contribution in [3.8, 4) is 0 Å². The van der Waals surface area contributed by atoms with Gasteiger partial charge in [0.05, 0.1) is 19.3 Å². The zero-order valence-corrected chi connectivity index (χ0v) is 12.7. The number of sulfonamides is 1. The van der Waals surface area contributed by atoms with E-state index < -0.39 is 16.0 Å². The van der Waals surface area contributed by atoms with Crippen molar-refractivity contribution in [1.82, 2.24) is 9.62 Å². The van der Waals surface area contributed by atoms with Gasteiger partial charge < -0.3 is 9.64 Å². The van der Waals surface area contributed by atoms with Gasteiger partial charge in [-0.25, -0.2) is 13.1 Å². The number of amides is 1. The number of hydrogen-bond donors (Lipinski definition) is 1. The van der Waals surface area contributed by atoms with Crippen LogP contribution in [0.5, 0.6) is 0 Å². The second kappa shape index (κ2) is 7.58. The smallest absolute Gasteiger partial charge is 0.306 e. The van der Waals surface area contributed by atoms with Gasteiger partial charge in [0.15, 0.2) is 0 Å². The average Bonchev–Trinajstić information content (AvgIpc) is 2.44. The molecule has 0 atom stereocenters. The van der Waals surface area contributed by atoms with E-state index in [-0.39, 0.29) is 30.5 Å². The zero-order valence-electron chi connectivity index (χ0n) is 11.9. The molecule has 0 aromatic heterocycles. The lowest BCUT2D eigenvalue weighted by molar-refractivity contribution is -0.143. The molecule has 7 nitrogen and oxygen atoms in total. The molecule has 0 unspecified atom stereocenters. The number of likely N-dealkylation sites (tertiary alicyclic amines) is 1. The summed E-state index contributed by atoms with van der Waals surface area (Å²) in [6.07, 6.45) is 1.42. The van der Waals surface area contributed by atoms with Crippen LogP contribution in [0.3, 0.4) is 0 Å². The molecule has 1 rings (SSSR count). The molecule has 1 heterocycles. The molecule has 0 aliphatic carbocycles. The van der Waals surface area contributed by atoms with Crippen molar-refractivity contribution in [1.29, 1.82) is 0 Å². The Morgan fingerprint density at radius 1 is 1.25 bits per heavy atom. The fourth-order valence-electron chi connectivity index (χ4n) is 2.05. The molecule has 8 heteroatoms. The predicted molar refractivity (Wildman–Crippen MR) is 73.4 cm³/mol. The van der Waals surface area contributed by atoms with E-state index in [9.17, 15) is 18.0 Å². The molecule has 1 fully saturated rings. The SMILES string of the molecule is CCS(=O)(=O)NC1CCN(C(=O)CCC(=O)OC)CC1. The van der Waals surface area contributed by atoms with Crippen LogP contribution in [0.25, 0.3) is 0 Å². The number of carbonyl (C=O) groups excluding carboxylic acids is 2. The van der Waals surface area contributed by atoms with Gasteiger partial charge in [-0.05, 0) is 19.8 Å². The van der Waals surface area contributed by atoms with Crippen LogP contribution in [-0.4, -0.2) is 57.2 Å². The highest BCUT2D eigenvalue weighted by molar-refractivity contribution is 7.89. The maximum atomic E-state index is 11.8. The number of hydrogen-bond acceptors (Lipinski definition) is 5. The van der Waals surface area contributed by atoms with Gasteiger partial charge in [0, 0.05) is 25.6 Å². The largest absolute Gasteiger partial charge is 0.469 e. The Hall–Kier alpha value is -1.15. The first-order chi connectivity index (χ1) is 9.38. The van der Waals surface area contributed by atoms with E-state index in [1.807, 2.05) is 0 Å². The third-order valence-electron chi connectivity index (χ3n) is 3.34. The lowest BCUT2D eigenvalue weighted by Gasteiger charge is -2.32. The molecule has 0 saturated carbocycles. The van der Waals surface area contributed by atoms with Crippen LogP contribution >= 0.6 is 0 Å². The molecule has 0 bridgehead atoms. The number of rotatable bonds is 6. The summed E-state index contributed by atoms with van der Waals surface area (Å²) in [4.78, 5) is 24.5. The minimum absolute atomic E-state index is 0.0608. The van der Waals surface area contributed by atoms with Gasteiger partial charge in [-0.2, -0.15) is 0 Å². The summed E-state index contributed by atoms with van der Waals surface area (Å²) < 4.78 is 30.0. The third-order valence-corrected chi connectivity index (χ3v) is 4.80. The number of carbonyl (C=O) groups is 2. The molecule has 0 radical (unpaired) electrons. The fraction of sp³-hybridized carbons (Fsp3) is 0.833. The molecule has 0 aromatic rings. The van der Waals surface area contributed by atoms with Gasteiger partial charge in [0.2, 0.25) is 15.9 Å². The molecule has 20 heavy (non-hydrogen) atoms.